The highest BCUT2D eigenvalue weighted by molar-refractivity contribution is 7.89. The number of amides is 1. The van der Waals surface area contributed by atoms with E-state index in [-0.39, 0.29) is 42.8 Å². The van der Waals surface area contributed by atoms with Crippen molar-refractivity contribution in [1.82, 2.24) is 14.2 Å². The first kappa shape index (κ1) is 21.4. The number of benzene rings is 1. The molecule has 31 heavy (non-hydrogen) atoms. The van der Waals surface area contributed by atoms with E-state index in [4.69, 9.17) is 9.47 Å². The van der Waals surface area contributed by atoms with Crippen molar-refractivity contribution in [3.8, 4) is 11.5 Å². The van der Waals surface area contributed by atoms with Crippen molar-refractivity contribution in [3.05, 3.63) is 40.7 Å². The molecule has 0 spiro atoms. The number of H-pyrrole nitrogens is 1. The van der Waals surface area contributed by atoms with Crippen molar-refractivity contribution in [2.45, 2.75) is 25.7 Å². The first-order chi connectivity index (χ1) is 14.7. The second-order valence-electron chi connectivity index (χ2n) is 7.68. The van der Waals surface area contributed by atoms with Gasteiger partial charge in [0.1, 0.15) is 18.9 Å². The molecule has 1 saturated heterocycles. The van der Waals surface area contributed by atoms with Crippen molar-refractivity contribution in [2.75, 3.05) is 39.4 Å². The predicted octanol–water partition coefficient (Wildman–Crippen LogP) is 1.75. The summed E-state index contributed by atoms with van der Waals surface area (Å²) in [4.78, 5) is 29.6. The quantitative estimate of drug-likeness (QED) is 0.716. The summed E-state index contributed by atoms with van der Waals surface area (Å²) in [5.74, 6) is 0.618. The van der Waals surface area contributed by atoms with Crippen LogP contribution < -0.4 is 9.47 Å². The number of hydrogen-bond acceptors (Lipinski definition) is 6. The number of carbonyl (C=O) groups excluding carboxylic acids is 2. The van der Waals surface area contributed by atoms with Crippen molar-refractivity contribution in [1.29, 1.82) is 0 Å². The zero-order valence-electron chi connectivity index (χ0n) is 17.7. The summed E-state index contributed by atoms with van der Waals surface area (Å²) < 4.78 is 38.5. The number of nitrogens with zero attached hydrogens (tertiary/aromatic N) is 2. The molecule has 0 radical (unpaired) electrons. The molecule has 0 atom stereocenters. The Labute approximate surface area is 181 Å². The molecule has 1 N–H and O–H groups in total. The molecule has 2 aromatic rings. The van der Waals surface area contributed by atoms with Crippen LogP contribution >= 0.6 is 0 Å². The van der Waals surface area contributed by atoms with Crippen LogP contribution in [0.5, 0.6) is 11.5 Å². The Morgan fingerprint density at radius 2 is 1.65 bits per heavy atom. The van der Waals surface area contributed by atoms with Gasteiger partial charge in [-0.25, -0.2) is 8.42 Å². The van der Waals surface area contributed by atoms with Gasteiger partial charge in [-0.3, -0.25) is 9.59 Å². The smallest absolute Gasteiger partial charge is 0.270 e. The zero-order chi connectivity index (χ0) is 22.3. The minimum atomic E-state index is -3.72. The van der Waals surface area contributed by atoms with Crippen molar-refractivity contribution < 1.29 is 27.5 Å². The van der Waals surface area contributed by atoms with Gasteiger partial charge in [-0.2, -0.15) is 4.31 Å². The van der Waals surface area contributed by atoms with Crippen molar-refractivity contribution in [3.63, 3.8) is 0 Å². The van der Waals surface area contributed by atoms with E-state index in [0.717, 1.165) is 0 Å². The van der Waals surface area contributed by atoms with Gasteiger partial charge in [-0.1, -0.05) is 0 Å². The first-order valence-corrected chi connectivity index (χ1v) is 11.5. The number of hydrogen-bond donors (Lipinski definition) is 1. The summed E-state index contributed by atoms with van der Waals surface area (Å²) >= 11 is 0. The number of Topliss-reactive ketones (excluding diaryl/α,β-unsaturated/α-hetero) is 1. The molecule has 2 aliphatic heterocycles. The van der Waals surface area contributed by atoms with Gasteiger partial charge in [0.25, 0.3) is 5.91 Å². The normalized spacial score (nSPS) is 16.9. The number of fused-ring (bicyclic) bond motifs is 1. The van der Waals surface area contributed by atoms with Gasteiger partial charge in [-0.15, -0.1) is 0 Å². The number of aryl methyl sites for hydroxylation is 1. The molecule has 1 aromatic carbocycles. The van der Waals surface area contributed by atoms with E-state index in [9.17, 15) is 18.0 Å². The summed E-state index contributed by atoms with van der Waals surface area (Å²) in [5.41, 5.74) is 2.20. The van der Waals surface area contributed by atoms with Gasteiger partial charge >= 0.3 is 0 Å². The third-order valence-corrected chi connectivity index (χ3v) is 7.58. The number of carbonyl (C=O) groups is 2. The summed E-state index contributed by atoms with van der Waals surface area (Å²) in [5, 5.41) is 0. The maximum absolute atomic E-state index is 13.1. The minimum absolute atomic E-state index is 0.0966. The lowest BCUT2D eigenvalue weighted by Crippen LogP contribution is -2.50. The van der Waals surface area contributed by atoms with E-state index in [1.165, 1.54) is 23.4 Å². The van der Waals surface area contributed by atoms with E-state index in [1.54, 1.807) is 24.8 Å². The highest BCUT2D eigenvalue weighted by atomic mass is 32.2. The maximum Gasteiger partial charge on any atom is 0.270 e. The molecule has 0 saturated carbocycles. The number of piperazine rings is 1. The predicted molar refractivity (Wildman–Crippen MR) is 112 cm³/mol. The van der Waals surface area contributed by atoms with Crippen LogP contribution in [0.2, 0.25) is 0 Å². The molecule has 3 heterocycles. The zero-order valence-corrected chi connectivity index (χ0v) is 18.5. The molecule has 1 aromatic heterocycles. The number of aromatic amines is 1. The Hall–Kier alpha value is -2.85. The van der Waals surface area contributed by atoms with Crippen LogP contribution in [0, 0.1) is 13.8 Å². The van der Waals surface area contributed by atoms with Crippen LogP contribution in [0.3, 0.4) is 0 Å². The number of aromatic nitrogens is 1. The fourth-order valence-electron chi connectivity index (χ4n) is 4.11. The molecule has 0 bridgehead atoms. The number of sulfonamides is 1. The van der Waals surface area contributed by atoms with Gasteiger partial charge < -0.3 is 19.4 Å². The van der Waals surface area contributed by atoms with E-state index in [0.29, 0.717) is 47.2 Å². The van der Waals surface area contributed by atoms with Gasteiger partial charge in [0.05, 0.1) is 4.90 Å². The third-order valence-electron chi connectivity index (χ3n) is 5.68. The minimum Gasteiger partial charge on any atom is -0.486 e. The Morgan fingerprint density at radius 3 is 2.26 bits per heavy atom. The Balaban J connectivity index is 1.48. The molecule has 10 heteroatoms. The molecule has 166 valence electrons. The number of rotatable bonds is 4. The van der Waals surface area contributed by atoms with Crippen LogP contribution in [0.4, 0.5) is 0 Å². The van der Waals surface area contributed by atoms with Gasteiger partial charge in [0.2, 0.25) is 10.0 Å². The molecular weight excluding hydrogens is 422 g/mol. The Bertz CT molecular complexity index is 1150. The topological polar surface area (TPSA) is 109 Å². The Morgan fingerprint density at radius 1 is 1.00 bits per heavy atom. The summed E-state index contributed by atoms with van der Waals surface area (Å²) in [6.45, 7) is 6.67. The van der Waals surface area contributed by atoms with Crippen LogP contribution in [-0.4, -0.2) is 73.7 Å². The van der Waals surface area contributed by atoms with Crippen LogP contribution in [0.25, 0.3) is 0 Å². The fraction of sp³-hybridized carbons (Fsp3) is 0.429. The van der Waals surface area contributed by atoms with Gasteiger partial charge in [0, 0.05) is 43.5 Å². The lowest BCUT2D eigenvalue weighted by Gasteiger charge is -2.34. The average Bonchev–Trinajstić information content (AvgIpc) is 3.07. The fourth-order valence-corrected chi connectivity index (χ4v) is 5.55. The molecule has 2 aliphatic rings. The second-order valence-corrected chi connectivity index (χ2v) is 9.62. The van der Waals surface area contributed by atoms with Gasteiger partial charge in [-0.05, 0) is 38.5 Å². The van der Waals surface area contributed by atoms with E-state index in [2.05, 4.69) is 4.98 Å². The van der Waals surface area contributed by atoms with Crippen molar-refractivity contribution in [2.24, 2.45) is 0 Å². The highest BCUT2D eigenvalue weighted by Crippen LogP contribution is 2.33. The average molecular weight is 448 g/mol. The lowest BCUT2D eigenvalue weighted by atomic mass is 10.1. The monoisotopic (exact) mass is 447 g/mol. The number of ether oxygens (including phenoxy) is 2. The largest absolute Gasteiger partial charge is 0.486 e. The molecule has 9 nitrogen and oxygen atoms in total. The molecular formula is C21H25N3O6S. The number of nitrogens with one attached hydrogen (secondary N) is 1. The molecule has 1 amide bonds. The molecule has 1 fully saturated rings. The van der Waals surface area contributed by atoms with Gasteiger partial charge in [0.15, 0.2) is 17.3 Å². The molecule has 0 aliphatic carbocycles. The van der Waals surface area contributed by atoms with Crippen LogP contribution in [0.1, 0.15) is 39.0 Å². The lowest BCUT2D eigenvalue weighted by molar-refractivity contribution is 0.0691. The Kier molecular flexibility index (Phi) is 5.52. The maximum atomic E-state index is 13.1. The molecule has 4 rings (SSSR count). The number of ketones is 1. The molecule has 0 unspecified atom stereocenters. The second kappa shape index (κ2) is 8.01. The summed E-state index contributed by atoms with van der Waals surface area (Å²) in [6.07, 6.45) is 0. The third kappa shape index (κ3) is 3.81. The summed E-state index contributed by atoms with van der Waals surface area (Å²) in [6, 6.07) is 4.59. The van der Waals surface area contributed by atoms with E-state index < -0.39 is 10.0 Å². The first-order valence-electron chi connectivity index (χ1n) is 10.1. The SMILES string of the molecule is CC(=O)c1c(C)[nH]c(C(=O)N2CCN(S(=O)(=O)c3ccc4c(c3)OCCO4)CC2)c1C. The summed E-state index contributed by atoms with van der Waals surface area (Å²) in [7, 11) is -3.72. The highest BCUT2D eigenvalue weighted by Gasteiger charge is 2.32. The van der Waals surface area contributed by atoms with Crippen LogP contribution in [0.15, 0.2) is 23.1 Å². The van der Waals surface area contributed by atoms with Crippen LogP contribution in [-0.2, 0) is 10.0 Å². The van der Waals surface area contributed by atoms with Crippen molar-refractivity contribution >= 4 is 21.7 Å². The van der Waals surface area contributed by atoms with E-state index in [1.807, 2.05) is 0 Å². The van der Waals surface area contributed by atoms with E-state index >= 15 is 0 Å². The standard InChI is InChI=1S/C21H25N3O6S/c1-13-19(15(3)25)14(2)22-20(13)21(26)23-6-8-24(9-7-23)31(27,28)16-4-5-17-18(12-16)30-11-10-29-17/h4-5,12,22H,6-11H2,1-3H3.